The van der Waals surface area contributed by atoms with Gasteiger partial charge in [0.1, 0.15) is 11.6 Å². The first-order valence-electron chi connectivity index (χ1n) is 7.58. The molecule has 114 valence electrons. The zero-order chi connectivity index (χ0) is 15.1. The van der Waals surface area contributed by atoms with Gasteiger partial charge in [0, 0.05) is 19.1 Å². The van der Waals surface area contributed by atoms with Crippen molar-refractivity contribution in [3.63, 3.8) is 0 Å². The topological polar surface area (TPSA) is 45.5 Å². The van der Waals surface area contributed by atoms with E-state index in [-0.39, 0.29) is 23.5 Å². The number of nitrogens with one attached hydrogen (secondary N) is 1. The summed E-state index contributed by atoms with van der Waals surface area (Å²) in [5, 5.41) is 3.04. The summed E-state index contributed by atoms with van der Waals surface area (Å²) in [6.45, 7) is 3.12. The van der Waals surface area contributed by atoms with E-state index in [0.717, 1.165) is 26.1 Å². The minimum Gasteiger partial charge on any atom is -0.451 e. The normalized spacial score (nSPS) is 26.3. The summed E-state index contributed by atoms with van der Waals surface area (Å²) in [6.07, 6.45) is 1.14. The molecule has 2 aliphatic rings. The first kappa shape index (κ1) is 13.5. The molecular weight excluding hydrogens is 283 g/mol. The maximum atomic E-state index is 13.7. The Hall–Kier alpha value is -2.14. The van der Waals surface area contributed by atoms with Gasteiger partial charge >= 0.3 is 0 Å². The maximum Gasteiger partial charge on any atom is 0.287 e. The molecule has 3 atom stereocenters. The average molecular weight is 300 g/mol. The monoisotopic (exact) mass is 300 g/mol. The van der Waals surface area contributed by atoms with E-state index < -0.39 is 0 Å². The second kappa shape index (κ2) is 5.25. The van der Waals surface area contributed by atoms with Crippen LogP contribution in [0.5, 0.6) is 0 Å². The second-order valence-electron chi connectivity index (χ2n) is 6.03. The molecule has 1 N–H and O–H groups in total. The van der Waals surface area contributed by atoms with E-state index >= 15 is 0 Å². The Labute approximate surface area is 127 Å². The molecule has 4 rings (SSSR count). The fourth-order valence-electron chi connectivity index (χ4n) is 3.45. The Kier molecular flexibility index (Phi) is 3.22. The van der Waals surface area contributed by atoms with Gasteiger partial charge in [0.2, 0.25) is 0 Å². The third-order valence-electron chi connectivity index (χ3n) is 4.62. The molecule has 2 bridgehead atoms. The molecule has 2 saturated heterocycles. The number of amides is 1. The number of halogens is 1. The molecule has 2 aromatic rings. The lowest BCUT2D eigenvalue weighted by Crippen LogP contribution is -2.43. The van der Waals surface area contributed by atoms with Crippen molar-refractivity contribution in [1.82, 2.24) is 10.2 Å². The number of hydrogen-bond donors (Lipinski definition) is 1. The Bertz CT molecular complexity index is 712. The SMILES string of the molecule is O=C(NC1CN2CC[C@H]1C2)c1ccc(-c2ccccc2F)o1. The van der Waals surface area contributed by atoms with Crippen LogP contribution in [-0.4, -0.2) is 36.5 Å². The molecule has 2 unspecified atom stereocenters. The molecule has 2 fully saturated rings. The molecule has 0 radical (unpaired) electrons. The van der Waals surface area contributed by atoms with Gasteiger partial charge in [-0.05, 0) is 43.1 Å². The number of fused-ring (bicyclic) bond motifs is 2. The molecule has 1 aromatic carbocycles. The van der Waals surface area contributed by atoms with Gasteiger partial charge in [-0.1, -0.05) is 12.1 Å². The molecular formula is C17H17FN2O2. The van der Waals surface area contributed by atoms with Crippen molar-refractivity contribution >= 4 is 5.91 Å². The van der Waals surface area contributed by atoms with Crippen LogP contribution in [-0.2, 0) is 0 Å². The largest absolute Gasteiger partial charge is 0.451 e. The highest BCUT2D eigenvalue weighted by Crippen LogP contribution is 2.28. The Morgan fingerprint density at radius 3 is 2.82 bits per heavy atom. The van der Waals surface area contributed by atoms with E-state index in [9.17, 15) is 9.18 Å². The summed E-state index contributed by atoms with van der Waals surface area (Å²) in [5.74, 6) is 0.576. The molecule has 22 heavy (non-hydrogen) atoms. The van der Waals surface area contributed by atoms with Crippen LogP contribution in [0.4, 0.5) is 4.39 Å². The van der Waals surface area contributed by atoms with Crippen molar-refractivity contribution in [2.45, 2.75) is 12.5 Å². The van der Waals surface area contributed by atoms with Gasteiger partial charge in [-0.2, -0.15) is 0 Å². The van der Waals surface area contributed by atoms with Gasteiger partial charge in [0.15, 0.2) is 5.76 Å². The summed E-state index contributed by atoms with van der Waals surface area (Å²) in [5.41, 5.74) is 0.368. The lowest BCUT2D eigenvalue weighted by molar-refractivity contribution is 0.0897. The van der Waals surface area contributed by atoms with E-state index in [1.54, 1.807) is 30.3 Å². The lowest BCUT2D eigenvalue weighted by atomic mass is 10.00. The molecule has 3 heterocycles. The van der Waals surface area contributed by atoms with Crippen LogP contribution in [0, 0.1) is 11.7 Å². The van der Waals surface area contributed by atoms with Gasteiger partial charge in [-0.3, -0.25) is 4.79 Å². The fourth-order valence-corrected chi connectivity index (χ4v) is 3.45. The third kappa shape index (κ3) is 2.31. The summed E-state index contributed by atoms with van der Waals surface area (Å²) in [4.78, 5) is 14.7. The van der Waals surface area contributed by atoms with Crippen LogP contribution in [0.15, 0.2) is 40.8 Å². The molecule has 4 nitrogen and oxygen atoms in total. The van der Waals surface area contributed by atoms with Crippen molar-refractivity contribution in [1.29, 1.82) is 0 Å². The number of nitrogens with zero attached hydrogens (tertiary/aromatic N) is 1. The number of hydrogen-bond acceptors (Lipinski definition) is 3. The summed E-state index contributed by atoms with van der Waals surface area (Å²) >= 11 is 0. The van der Waals surface area contributed by atoms with Crippen molar-refractivity contribution in [2.75, 3.05) is 19.6 Å². The molecule has 5 heteroatoms. The minimum absolute atomic E-state index is 0.197. The Morgan fingerprint density at radius 1 is 1.23 bits per heavy atom. The van der Waals surface area contributed by atoms with Crippen LogP contribution in [0.2, 0.25) is 0 Å². The molecule has 0 spiro atoms. The van der Waals surface area contributed by atoms with Crippen molar-refractivity contribution in [2.24, 2.45) is 5.92 Å². The number of benzene rings is 1. The van der Waals surface area contributed by atoms with E-state index in [4.69, 9.17) is 4.42 Å². The summed E-state index contributed by atoms with van der Waals surface area (Å²) in [6, 6.07) is 9.82. The fraction of sp³-hybridized carbons (Fsp3) is 0.353. The standard InChI is InChI=1S/C17H17FN2O2/c18-13-4-2-1-3-12(13)15-5-6-16(22-15)17(21)19-14-10-20-8-7-11(14)9-20/h1-6,11,14H,7-10H2,(H,19,21)/t11-,14?/m0/s1. The highest BCUT2D eigenvalue weighted by Gasteiger charge is 2.38. The minimum atomic E-state index is -0.357. The van der Waals surface area contributed by atoms with Crippen LogP contribution in [0.3, 0.4) is 0 Å². The van der Waals surface area contributed by atoms with E-state index in [2.05, 4.69) is 10.2 Å². The van der Waals surface area contributed by atoms with Gasteiger partial charge < -0.3 is 14.6 Å². The van der Waals surface area contributed by atoms with E-state index in [1.165, 1.54) is 6.07 Å². The number of carbonyl (C=O) groups excluding carboxylic acids is 1. The quantitative estimate of drug-likeness (QED) is 0.947. The molecule has 0 saturated carbocycles. The predicted octanol–water partition coefficient (Wildman–Crippen LogP) is 2.52. The van der Waals surface area contributed by atoms with E-state index in [1.807, 2.05) is 0 Å². The van der Waals surface area contributed by atoms with Gasteiger partial charge in [0.05, 0.1) is 5.56 Å². The van der Waals surface area contributed by atoms with Crippen LogP contribution < -0.4 is 5.32 Å². The zero-order valence-electron chi connectivity index (χ0n) is 12.1. The molecule has 2 aliphatic heterocycles. The summed E-state index contributed by atoms with van der Waals surface area (Å²) in [7, 11) is 0. The van der Waals surface area contributed by atoms with Crippen molar-refractivity contribution in [3.05, 3.63) is 48.0 Å². The maximum absolute atomic E-state index is 13.7. The Morgan fingerprint density at radius 2 is 2.09 bits per heavy atom. The second-order valence-corrected chi connectivity index (χ2v) is 6.03. The predicted molar refractivity (Wildman–Crippen MR) is 79.9 cm³/mol. The highest BCUT2D eigenvalue weighted by atomic mass is 19.1. The third-order valence-corrected chi connectivity index (χ3v) is 4.62. The summed E-state index contributed by atoms with van der Waals surface area (Å²) < 4.78 is 19.3. The van der Waals surface area contributed by atoms with Crippen LogP contribution in [0.25, 0.3) is 11.3 Å². The van der Waals surface area contributed by atoms with Crippen molar-refractivity contribution in [3.8, 4) is 11.3 Å². The van der Waals surface area contributed by atoms with Gasteiger partial charge in [0.25, 0.3) is 5.91 Å². The van der Waals surface area contributed by atoms with Crippen LogP contribution >= 0.6 is 0 Å². The van der Waals surface area contributed by atoms with Gasteiger partial charge in [-0.25, -0.2) is 4.39 Å². The number of rotatable bonds is 3. The molecule has 1 aromatic heterocycles. The average Bonchev–Trinajstić information content (AvgIpc) is 3.24. The number of carbonyl (C=O) groups is 1. The smallest absolute Gasteiger partial charge is 0.287 e. The molecule has 0 aliphatic carbocycles. The van der Waals surface area contributed by atoms with Gasteiger partial charge in [-0.15, -0.1) is 0 Å². The Balaban J connectivity index is 1.49. The number of furan rings is 1. The first-order chi connectivity index (χ1) is 10.7. The molecule has 1 amide bonds. The zero-order valence-corrected chi connectivity index (χ0v) is 12.1. The lowest BCUT2D eigenvalue weighted by Gasteiger charge is -2.22. The van der Waals surface area contributed by atoms with Crippen LogP contribution in [0.1, 0.15) is 17.0 Å². The van der Waals surface area contributed by atoms with Crippen molar-refractivity contribution < 1.29 is 13.6 Å². The van der Waals surface area contributed by atoms with E-state index in [0.29, 0.717) is 17.2 Å². The first-order valence-corrected chi connectivity index (χ1v) is 7.58. The highest BCUT2D eigenvalue weighted by molar-refractivity contribution is 5.92. The number of piperidine rings is 1.